The summed E-state index contributed by atoms with van der Waals surface area (Å²) < 4.78 is 1.94. The first-order valence-corrected chi connectivity index (χ1v) is 7.10. The average Bonchev–Trinajstić information content (AvgIpc) is 2.99. The molecule has 2 aromatic heterocycles. The van der Waals surface area contributed by atoms with E-state index in [9.17, 15) is 0 Å². The number of nitrogens with zero attached hydrogens (tertiary/aromatic N) is 4. The third kappa shape index (κ3) is 1.98. The van der Waals surface area contributed by atoms with E-state index in [1.807, 2.05) is 23.9 Å². The third-order valence-corrected chi connectivity index (χ3v) is 4.27. The molecular weight excluding hydrogens is 270 g/mol. The first-order valence-electron chi connectivity index (χ1n) is 6.28. The first kappa shape index (κ1) is 12.8. The zero-order valence-electron chi connectivity index (χ0n) is 11.6. The van der Waals surface area contributed by atoms with Crippen LogP contribution in [0, 0.1) is 20.8 Å². The standard InChI is InChI=1S/C14H15N5S/c1-8-5-4-6-12(9(8)2)19-10(3)11(7-16-19)13-17-18-14(15)20-13/h4-7H,1-3H3,(H2,15,18). The molecule has 0 atom stereocenters. The van der Waals surface area contributed by atoms with Crippen LogP contribution >= 0.6 is 11.3 Å². The second-order valence-corrected chi connectivity index (χ2v) is 5.73. The van der Waals surface area contributed by atoms with Gasteiger partial charge in [-0.1, -0.05) is 23.5 Å². The van der Waals surface area contributed by atoms with Crippen molar-refractivity contribution in [2.75, 3.05) is 5.73 Å². The maximum atomic E-state index is 5.65. The van der Waals surface area contributed by atoms with Crippen molar-refractivity contribution in [2.24, 2.45) is 0 Å². The van der Waals surface area contributed by atoms with Gasteiger partial charge in [-0.15, -0.1) is 10.2 Å². The van der Waals surface area contributed by atoms with Crippen LogP contribution in [0.2, 0.25) is 0 Å². The van der Waals surface area contributed by atoms with Crippen molar-refractivity contribution in [3.05, 3.63) is 41.2 Å². The summed E-state index contributed by atoms with van der Waals surface area (Å²) in [6, 6.07) is 6.21. The van der Waals surface area contributed by atoms with Crippen molar-refractivity contribution < 1.29 is 0 Å². The summed E-state index contributed by atoms with van der Waals surface area (Å²) in [7, 11) is 0. The normalized spacial score (nSPS) is 10.9. The van der Waals surface area contributed by atoms with Gasteiger partial charge in [-0.2, -0.15) is 5.10 Å². The van der Waals surface area contributed by atoms with E-state index in [0.717, 1.165) is 22.0 Å². The molecule has 1 aromatic carbocycles. The van der Waals surface area contributed by atoms with Gasteiger partial charge in [0.25, 0.3) is 0 Å². The van der Waals surface area contributed by atoms with E-state index in [0.29, 0.717) is 5.13 Å². The lowest BCUT2D eigenvalue weighted by atomic mass is 10.1. The third-order valence-electron chi connectivity index (χ3n) is 3.49. The molecule has 0 aliphatic rings. The summed E-state index contributed by atoms with van der Waals surface area (Å²) in [5.41, 5.74) is 11.2. The van der Waals surface area contributed by atoms with Crippen molar-refractivity contribution in [3.63, 3.8) is 0 Å². The molecule has 0 saturated carbocycles. The number of aromatic nitrogens is 4. The van der Waals surface area contributed by atoms with Crippen molar-refractivity contribution in [3.8, 4) is 16.3 Å². The molecule has 0 radical (unpaired) electrons. The molecule has 20 heavy (non-hydrogen) atoms. The second kappa shape index (κ2) is 4.72. The van der Waals surface area contributed by atoms with Crippen molar-refractivity contribution in [1.29, 1.82) is 0 Å². The number of anilines is 1. The van der Waals surface area contributed by atoms with Gasteiger partial charge in [-0.05, 0) is 38.0 Å². The van der Waals surface area contributed by atoms with Crippen molar-refractivity contribution in [2.45, 2.75) is 20.8 Å². The van der Waals surface area contributed by atoms with Crippen molar-refractivity contribution >= 4 is 16.5 Å². The van der Waals surface area contributed by atoms with Gasteiger partial charge in [-0.25, -0.2) is 4.68 Å². The highest BCUT2D eigenvalue weighted by molar-refractivity contribution is 7.18. The molecular formula is C14H15N5S. The SMILES string of the molecule is Cc1cccc(-n2ncc(-c3nnc(N)s3)c2C)c1C. The Morgan fingerprint density at radius 2 is 1.95 bits per heavy atom. The van der Waals surface area contributed by atoms with Crippen LogP contribution in [0.15, 0.2) is 24.4 Å². The lowest BCUT2D eigenvalue weighted by Crippen LogP contribution is -2.02. The monoisotopic (exact) mass is 285 g/mol. The van der Waals surface area contributed by atoms with Gasteiger partial charge >= 0.3 is 0 Å². The maximum absolute atomic E-state index is 5.65. The molecule has 0 spiro atoms. The van der Waals surface area contributed by atoms with Crippen LogP contribution in [0.4, 0.5) is 5.13 Å². The van der Waals surface area contributed by atoms with E-state index in [2.05, 4.69) is 41.3 Å². The molecule has 2 heterocycles. The van der Waals surface area contributed by atoms with Crippen LogP contribution in [-0.2, 0) is 0 Å². The molecule has 0 fully saturated rings. The van der Waals surface area contributed by atoms with Gasteiger partial charge in [0.1, 0.15) is 0 Å². The molecule has 5 nitrogen and oxygen atoms in total. The number of nitrogens with two attached hydrogens (primary N) is 1. The minimum Gasteiger partial charge on any atom is -0.374 e. The summed E-state index contributed by atoms with van der Waals surface area (Å²) in [5.74, 6) is 0. The summed E-state index contributed by atoms with van der Waals surface area (Å²) in [4.78, 5) is 0. The van der Waals surface area contributed by atoms with E-state index in [1.54, 1.807) is 0 Å². The fraction of sp³-hybridized carbons (Fsp3) is 0.214. The van der Waals surface area contributed by atoms with Gasteiger partial charge in [0.15, 0.2) is 5.01 Å². The van der Waals surface area contributed by atoms with E-state index in [1.165, 1.54) is 22.5 Å². The van der Waals surface area contributed by atoms with Crippen LogP contribution in [0.5, 0.6) is 0 Å². The molecule has 0 saturated heterocycles. The molecule has 0 aliphatic heterocycles. The molecule has 2 N–H and O–H groups in total. The molecule has 6 heteroatoms. The quantitative estimate of drug-likeness (QED) is 0.786. The highest BCUT2D eigenvalue weighted by atomic mass is 32.1. The smallest absolute Gasteiger partial charge is 0.203 e. The van der Waals surface area contributed by atoms with Gasteiger partial charge < -0.3 is 5.73 Å². The van der Waals surface area contributed by atoms with Gasteiger partial charge in [0.05, 0.1) is 23.1 Å². The zero-order chi connectivity index (χ0) is 14.3. The van der Waals surface area contributed by atoms with Crippen LogP contribution in [0.3, 0.4) is 0 Å². The number of benzene rings is 1. The minimum absolute atomic E-state index is 0.471. The lowest BCUT2D eigenvalue weighted by molar-refractivity contribution is 0.839. The molecule has 0 bridgehead atoms. The molecule has 3 rings (SSSR count). The maximum Gasteiger partial charge on any atom is 0.203 e. The predicted molar refractivity (Wildman–Crippen MR) is 81.1 cm³/mol. The van der Waals surface area contributed by atoms with Crippen molar-refractivity contribution in [1.82, 2.24) is 20.0 Å². The number of rotatable bonds is 2. The van der Waals surface area contributed by atoms with E-state index in [-0.39, 0.29) is 0 Å². The van der Waals surface area contributed by atoms with E-state index >= 15 is 0 Å². The number of nitrogen functional groups attached to an aromatic ring is 1. The molecule has 0 aliphatic carbocycles. The Morgan fingerprint density at radius 1 is 1.15 bits per heavy atom. The van der Waals surface area contributed by atoms with Gasteiger partial charge in [0.2, 0.25) is 5.13 Å². The Balaban J connectivity index is 2.13. The van der Waals surface area contributed by atoms with E-state index in [4.69, 9.17) is 5.73 Å². The van der Waals surface area contributed by atoms with Crippen LogP contribution in [0.1, 0.15) is 16.8 Å². The predicted octanol–water partition coefficient (Wildman–Crippen LogP) is 2.90. The Bertz CT molecular complexity index is 772. The highest BCUT2D eigenvalue weighted by Crippen LogP contribution is 2.29. The first-order chi connectivity index (χ1) is 9.58. The average molecular weight is 285 g/mol. The van der Waals surface area contributed by atoms with Crippen LogP contribution < -0.4 is 5.73 Å². The summed E-state index contributed by atoms with van der Waals surface area (Å²) in [6.07, 6.45) is 1.82. The van der Waals surface area contributed by atoms with Gasteiger partial charge in [0, 0.05) is 0 Å². The fourth-order valence-electron chi connectivity index (χ4n) is 2.17. The van der Waals surface area contributed by atoms with Crippen LogP contribution in [-0.4, -0.2) is 20.0 Å². The topological polar surface area (TPSA) is 69.6 Å². The molecule has 3 aromatic rings. The minimum atomic E-state index is 0.471. The molecule has 0 unspecified atom stereocenters. The lowest BCUT2D eigenvalue weighted by Gasteiger charge is -2.10. The summed E-state index contributed by atoms with van der Waals surface area (Å²) in [5, 5.41) is 13.7. The Hall–Kier alpha value is -2.21. The number of aryl methyl sites for hydroxylation is 1. The Labute approximate surface area is 121 Å². The fourth-order valence-corrected chi connectivity index (χ4v) is 2.84. The van der Waals surface area contributed by atoms with Gasteiger partial charge in [-0.3, -0.25) is 0 Å². The Kier molecular flexibility index (Phi) is 3.02. The Morgan fingerprint density at radius 3 is 2.65 bits per heavy atom. The number of hydrogen-bond donors (Lipinski definition) is 1. The van der Waals surface area contributed by atoms with Crippen LogP contribution in [0.25, 0.3) is 16.3 Å². The van der Waals surface area contributed by atoms with E-state index < -0.39 is 0 Å². The molecule has 0 amide bonds. The zero-order valence-corrected chi connectivity index (χ0v) is 12.4. The largest absolute Gasteiger partial charge is 0.374 e. The number of hydrogen-bond acceptors (Lipinski definition) is 5. The second-order valence-electron chi connectivity index (χ2n) is 4.72. The highest BCUT2D eigenvalue weighted by Gasteiger charge is 2.15. The molecule has 102 valence electrons. The summed E-state index contributed by atoms with van der Waals surface area (Å²) in [6.45, 7) is 6.24. The summed E-state index contributed by atoms with van der Waals surface area (Å²) >= 11 is 1.37.